The van der Waals surface area contributed by atoms with E-state index in [9.17, 15) is 13.2 Å². The molecule has 1 rings (SSSR count). The minimum atomic E-state index is -3.38. The molecule has 0 radical (unpaired) electrons. The van der Waals surface area contributed by atoms with Gasteiger partial charge in [0.1, 0.15) is 11.5 Å². The molecule has 0 aliphatic carbocycles. The highest BCUT2D eigenvalue weighted by Gasteiger charge is 2.37. The van der Waals surface area contributed by atoms with Gasteiger partial charge in [-0.15, -0.1) is 11.8 Å². The van der Waals surface area contributed by atoms with Crippen LogP contribution in [0.5, 0.6) is 11.5 Å². The Morgan fingerprint density at radius 1 is 1.22 bits per heavy atom. The summed E-state index contributed by atoms with van der Waals surface area (Å²) in [5.74, 6) is -2.93. The molecule has 1 atom stereocenters. The first-order chi connectivity index (χ1) is 10.9. The van der Waals surface area contributed by atoms with Crippen molar-refractivity contribution in [1.29, 1.82) is 0 Å². The number of alkyl halides is 3. The number of hydrogen-bond acceptors (Lipinski definition) is 4. The SMILES string of the molecule is CCNCCc1cc(OC)c(SCC(F)(F)C(C)F)cc1OC. The molecule has 1 aromatic rings. The first kappa shape index (κ1) is 20.0. The third-order valence-corrected chi connectivity index (χ3v) is 4.55. The Morgan fingerprint density at radius 3 is 2.39 bits per heavy atom. The number of likely N-dealkylation sites (N-methyl/N-ethyl adjacent to an activating group) is 1. The summed E-state index contributed by atoms with van der Waals surface area (Å²) in [4.78, 5) is 0.511. The highest BCUT2D eigenvalue weighted by molar-refractivity contribution is 7.99. The quantitative estimate of drug-likeness (QED) is 0.511. The van der Waals surface area contributed by atoms with Gasteiger partial charge in [0.2, 0.25) is 0 Å². The van der Waals surface area contributed by atoms with Gasteiger partial charge in [-0.05, 0) is 44.1 Å². The normalized spacial score (nSPS) is 13.0. The molecular formula is C16H24F3NO2S. The van der Waals surface area contributed by atoms with Crippen molar-refractivity contribution in [3.05, 3.63) is 17.7 Å². The third-order valence-electron chi connectivity index (χ3n) is 3.39. The Hall–Kier alpha value is -1.08. The summed E-state index contributed by atoms with van der Waals surface area (Å²) >= 11 is 0.863. The average Bonchev–Trinajstić information content (AvgIpc) is 2.53. The molecule has 0 aliphatic heterocycles. The molecule has 3 nitrogen and oxygen atoms in total. The third kappa shape index (κ3) is 5.80. The standard InChI is InChI=1S/C16H24F3NO2S/c1-5-20-7-6-12-8-14(22-4)15(9-13(12)21-3)23-10-16(18,19)11(2)17/h8-9,11,20H,5-7,10H2,1-4H3. The summed E-state index contributed by atoms with van der Waals surface area (Å²) in [6.07, 6.45) is -1.46. The number of halogens is 3. The largest absolute Gasteiger partial charge is 0.496 e. The minimum absolute atomic E-state index is 0.490. The summed E-state index contributed by atoms with van der Waals surface area (Å²) in [5.41, 5.74) is 0.931. The zero-order valence-corrected chi connectivity index (χ0v) is 14.7. The fourth-order valence-electron chi connectivity index (χ4n) is 1.93. The topological polar surface area (TPSA) is 30.5 Å². The van der Waals surface area contributed by atoms with Crippen molar-refractivity contribution in [3.63, 3.8) is 0 Å². The summed E-state index contributed by atoms with van der Waals surface area (Å²) in [7, 11) is 3.01. The van der Waals surface area contributed by atoms with E-state index in [0.717, 1.165) is 43.8 Å². The predicted molar refractivity (Wildman–Crippen MR) is 88.0 cm³/mol. The van der Waals surface area contributed by atoms with Crippen LogP contribution < -0.4 is 14.8 Å². The first-order valence-corrected chi connectivity index (χ1v) is 8.44. The summed E-state index contributed by atoms with van der Waals surface area (Å²) in [6.45, 7) is 4.52. The van der Waals surface area contributed by atoms with Gasteiger partial charge in [0.15, 0.2) is 6.17 Å². The van der Waals surface area contributed by atoms with Crippen LogP contribution in [0.25, 0.3) is 0 Å². The molecule has 0 aromatic heterocycles. The summed E-state index contributed by atoms with van der Waals surface area (Å²) in [5, 5.41) is 3.22. The van der Waals surface area contributed by atoms with E-state index >= 15 is 0 Å². The van der Waals surface area contributed by atoms with Crippen molar-refractivity contribution in [3.8, 4) is 11.5 Å². The second-order valence-electron chi connectivity index (χ2n) is 5.08. The lowest BCUT2D eigenvalue weighted by Crippen LogP contribution is -2.30. The first-order valence-electron chi connectivity index (χ1n) is 7.46. The lowest BCUT2D eigenvalue weighted by Gasteiger charge is -2.19. The highest BCUT2D eigenvalue weighted by Crippen LogP contribution is 2.39. The molecule has 1 unspecified atom stereocenters. The highest BCUT2D eigenvalue weighted by atomic mass is 32.2. The van der Waals surface area contributed by atoms with E-state index < -0.39 is 17.8 Å². The monoisotopic (exact) mass is 351 g/mol. The molecule has 23 heavy (non-hydrogen) atoms. The van der Waals surface area contributed by atoms with Crippen molar-refractivity contribution >= 4 is 11.8 Å². The number of methoxy groups -OCH3 is 2. The van der Waals surface area contributed by atoms with Crippen LogP contribution in [0.1, 0.15) is 19.4 Å². The lowest BCUT2D eigenvalue weighted by molar-refractivity contribution is -0.0422. The Balaban J connectivity index is 2.95. The molecule has 0 fully saturated rings. The van der Waals surface area contributed by atoms with Crippen LogP contribution in [0, 0.1) is 0 Å². The van der Waals surface area contributed by atoms with Crippen molar-refractivity contribution in [2.45, 2.75) is 37.3 Å². The van der Waals surface area contributed by atoms with Gasteiger partial charge < -0.3 is 14.8 Å². The van der Waals surface area contributed by atoms with E-state index in [1.54, 1.807) is 12.1 Å². The van der Waals surface area contributed by atoms with Crippen molar-refractivity contribution < 1.29 is 22.6 Å². The average molecular weight is 351 g/mol. The Kier molecular flexibility index (Phi) is 8.05. The van der Waals surface area contributed by atoms with Gasteiger partial charge in [-0.2, -0.15) is 0 Å². The van der Waals surface area contributed by atoms with Crippen LogP contribution in [0.15, 0.2) is 17.0 Å². The zero-order chi connectivity index (χ0) is 17.5. The lowest BCUT2D eigenvalue weighted by atomic mass is 10.1. The van der Waals surface area contributed by atoms with Crippen LogP contribution in [-0.4, -0.2) is 45.2 Å². The zero-order valence-electron chi connectivity index (χ0n) is 13.9. The van der Waals surface area contributed by atoms with Crippen LogP contribution in [-0.2, 0) is 6.42 Å². The van der Waals surface area contributed by atoms with E-state index in [0.29, 0.717) is 16.4 Å². The van der Waals surface area contributed by atoms with Gasteiger partial charge >= 0.3 is 0 Å². The molecule has 0 heterocycles. The second-order valence-corrected chi connectivity index (χ2v) is 6.10. The van der Waals surface area contributed by atoms with Crippen LogP contribution in [0.4, 0.5) is 13.2 Å². The maximum Gasteiger partial charge on any atom is 0.287 e. The fraction of sp³-hybridized carbons (Fsp3) is 0.625. The summed E-state index contributed by atoms with van der Waals surface area (Å²) in [6, 6.07) is 3.46. The van der Waals surface area contributed by atoms with Crippen LogP contribution >= 0.6 is 11.8 Å². The maximum absolute atomic E-state index is 13.5. The molecule has 0 amide bonds. The maximum atomic E-state index is 13.5. The molecule has 1 N–H and O–H groups in total. The van der Waals surface area contributed by atoms with E-state index in [1.165, 1.54) is 14.2 Å². The molecule has 0 bridgehead atoms. The fourth-order valence-corrected chi connectivity index (χ4v) is 2.98. The van der Waals surface area contributed by atoms with Crippen molar-refractivity contribution in [1.82, 2.24) is 5.32 Å². The number of ether oxygens (including phenoxy) is 2. The minimum Gasteiger partial charge on any atom is -0.496 e. The number of thioether (sulfide) groups is 1. The smallest absolute Gasteiger partial charge is 0.287 e. The molecule has 0 saturated heterocycles. The number of hydrogen-bond donors (Lipinski definition) is 1. The van der Waals surface area contributed by atoms with Gasteiger partial charge in [0.25, 0.3) is 5.92 Å². The van der Waals surface area contributed by atoms with Gasteiger partial charge in [0.05, 0.1) is 24.9 Å². The Labute approximate surface area is 139 Å². The van der Waals surface area contributed by atoms with Gasteiger partial charge in [0, 0.05) is 0 Å². The Bertz CT molecular complexity index is 498. The van der Waals surface area contributed by atoms with E-state index in [1.807, 2.05) is 6.92 Å². The molecule has 1 aromatic carbocycles. The van der Waals surface area contributed by atoms with Crippen molar-refractivity contribution in [2.75, 3.05) is 33.1 Å². The second kappa shape index (κ2) is 9.27. The molecule has 7 heteroatoms. The van der Waals surface area contributed by atoms with Crippen LogP contribution in [0.3, 0.4) is 0 Å². The number of nitrogens with one attached hydrogen (secondary N) is 1. The molecular weight excluding hydrogens is 327 g/mol. The molecule has 0 spiro atoms. The molecule has 0 saturated carbocycles. The van der Waals surface area contributed by atoms with E-state index in [2.05, 4.69) is 5.32 Å². The molecule has 132 valence electrons. The predicted octanol–water partition coefficient (Wildman–Crippen LogP) is 3.94. The van der Waals surface area contributed by atoms with Gasteiger partial charge in [-0.3, -0.25) is 0 Å². The number of rotatable bonds is 10. The number of benzene rings is 1. The van der Waals surface area contributed by atoms with Crippen LogP contribution in [0.2, 0.25) is 0 Å². The van der Waals surface area contributed by atoms with E-state index in [4.69, 9.17) is 9.47 Å². The van der Waals surface area contributed by atoms with Gasteiger partial charge in [-0.1, -0.05) is 6.92 Å². The van der Waals surface area contributed by atoms with Gasteiger partial charge in [-0.25, -0.2) is 13.2 Å². The molecule has 0 aliphatic rings. The van der Waals surface area contributed by atoms with E-state index in [-0.39, 0.29) is 0 Å². The summed E-state index contributed by atoms with van der Waals surface area (Å²) < 4.78 is 50.5. The van der Waals surface area contributed by atoms with Crippen molar-refractivity contribution in [2.24, 2.45) is 0 Å². The Morgan fingerprint density at radius 2 is 1.87 bits per heavy atom.